The van der Waals surface area contributed by atoms with Crippen LogP contribution in [-0.2, 0) is 6.42 Å². The van der Waals surface area contributed by atoms with Gasteiger partial charge < -0.3 is 10.1 Å². The monoisotopic (exact) mass is 305 g/mol. The van der Waals surface area contributed by atoms with E-state index in [4.69, 9.17) is 16.3 Å². The van der Waals surface area contributed by atoms with E-state index in [0.29, 0.717) is 5.15 Å². The first-order valence-corrected chi connectivity index (χ1v) is 7.37. The van der Waals surface area contributed by atoms with Crippen molar-refractivity contribution in [2.24, 2.45) is 0 Å². The van der Waals surface area contributed by atoms with Gasteiger partial charge in [0.1, 0.15) is 22.5 Å². The van der Waals surface area contributed by atoms with Crippen molar-refractivity contribution >= 4 is 17.4 Å². The molecule has 1 heterocycles. The van der Waals surface area contributed by atoms with Gasteiger partial charge in [0.05, 0.1) is 7.11 Å². The Kier molecular flexibility index (Phi) is 5.39. The van der Waals surface area contributed by atoms with Crippen molar-refractivity contribution in [1.82, 2.24) is 9.97 Å². The maximum atomic E-state index is 6.02. The van der Waals surface area contributed by atoms with E-state index in [1.54, 1.807) is 13.2 Å². The summed E-state index contributed by atoms with van der Waals surface area (Å²) in [5, 5.41) is 3.76. The maximum absolute atomic E-state index is 6.02. The highest BCUT2D eigenvalue weighted by atomic mass is 35.5. The molecule has 0 spiro atoms. The fourth-order valence-corrected chi connectivity index (χ4v) is 2.10. The summed E-state index contributed by atoms with van der Waals surface area (Å²) in [5.41, 5.74) is 1.24. The topological polar surface area (TPSA) is 47.0 Å². The second-order valence-electron chi connectivity index (χ2n) is 5.11. The van der Waals surface area contributed by atoms with Crippen LogP contribution >= 0.6 is 11.6 Å². The van der Waals surface area contributed by atoms with E-state index in [0.717, 1.165) is 30.4 Å². The highest BCUT2D eigenvalue weighted by Crippen LogP contribution is 2.17. The lowest BCUT2D eigenvalue weighted by Gasteiger charge is -2.10. The Morgan fingerprint density at radius 2 is 1.90 bits per heavy atom. The van der Waals surface area contributed by atoms with Gasteiger partial charge in [0, 0.05) is 18.5 Å². The molecule has 0 radical (unpaired) electrons. The van der Waals surface area contributed by atoms with E-state index in [9.17, 15) is 0 Å². The Balaban J connectivity index is 1.93. The molecule has 2 rings (SSSR count). The van der Waals surface area contributed by atoms with E-state index in [1.807, 2.05) is 26.0 Å². The van der Waals surface area contributed by atoms with E-state index in [1.165, 1.54) is 5.56 Å². The largest absolute Gasteiger partial charge is 0.497 e. The highest BCUT2D eigenvalue weighted by molar-refractivity contribution is 6.29. The lowest BCUT2D eigenvalue weighted by Crippen LogP contribution is -2.08. The number of nitrogens with zero attached hydrogens (tertiary/aromatic N) is 2. The van der Waals surface area contributed by atoms with Crippen LogP contribution in [0, 0.1) is 0 Å². The first kappa shape index (κ1) is 15.6. The zero-order chi connectivity index (χ0) is 15.2. The summed E-state index contributed by atoms with van der Waals surface area (Å²) in [6, 6.07) is 9.81. The number of benzene rings is 1. The van der Waals surface area contributed by atoms with Gasteiger partial charge in [0.25, 0.3) is 0 Å². The van der Waals surface area contributed by atoms with Crippen molar-refractivity contribution in [3.63, 3.8) is 0 Å². The quantitative estimate of drug-likeness (QED) is 0.822. The first-order chi connectivity index (χ1) is 10.1. The Bertz CT molecular complexity index is 585. The van der Waals surface area contributed by atoms with Crippen LogP contribution in [0.2, 0.25) is 5.15 Å². The molecule has 0 aliphatic rings. The van der Waals surface area contributed by atoms with Crippen molar-refractivity contribution in [1.29, 1.82) is 0 Å². The average Bonchev–Trinajstić information content (AvgIpc) is 2.47. The number of rotatable bonds is 6. The number of halogens is 1. The number of ether oxygens (including phenoxy) is 1. The first-order valence-electron chi connectivity index (χ1n) is 6.99. The molecule has 0 unspecified atom stereocenters. The number of hydrogen-bond donors (Lipinski definition) is 1. The molecule has 21 heavy (non-hydrogen) atoms. The maximum Gasteiger partial charge on any atom is 0.135 e. The molecule has 112 valence electrons. The molecule has 0 aliphatic carbocycles. The van der Waals surface area contributed by atoms with Gasteiger partial charge in [-0.05, 0) is 24.1 Å². The summed E-state index contributed by atoms with van der Waals surface area (Å²) in [5.74, 6) is 2.66. The molecule has 0 aliphatic heterocycles. The Labute approximate surface area is 130 Å². The van der Waals surface area contributed by atoms with Gasteiger partial charge in [-0.1, -0.05) is 37.6 Å². The predicted octanol–water partition coefficient (Wildman–Crippen LogP) is 3.92. The summed E-state index contributed by atoms with van der Waals surface area (Å²) in [7, 11) is 1.67. The molecule has 1 aromatic carbocycles. The van der Waals surface area contributed by atoms with Crippen LogP contribution in [0.4, 0.5) is 5.82 Å². The normalized spacial score (nSPS) is 10.7. The van der Waals surface area contributed by atoms with Crippen molar-refractivity contribution in [2.75, 3.05) is 19.0 Å². The fourth-order valence-electron chi connectivity index (χ4n) is 1.91. The zero-order valence-electron chi connectivity index (χ0n) is 12.6. The minimum atomic E-state index is 0.255. The third kappa shape index (κ3) is 4.60. The molecule has 0 saturated heterocycles. The Morgan fingerprint density at radius 3 is 2.52 bits per heavy atom. The van der Waals surface area contributed by atoms with Crippen molar-refractivity contribution in [3.05, 3.63) is 46.9 Å². The van der Waals surface area contributed by atoms with Gasteiger partial charge in [0.2, 0.25) is 0 Å². The molecule has 0 amide bonds. The van der Waals surface area contributed by atoms with Crippen LogP contribution in [0.1, 0.15) is 31.2 Å². The summed E-state index contributed by atoms with van der Waals surface area (Å²) in [6.45, 7) is 4.89. The lowest BCUT2D eigenvalue weighted by molar-refractivity contribution is 0.414. The van der Waals surface area contributed by atoms with Crippen LogP contribution in [-0.4, -0.2) is 23.6 Å². The number of hydrogen-bond acceptors (Lipinski definition) is 4. The minimum Gasteiger partial charge on any atom is -0.497 e. The lowest BCUT2D eigenvalue weighted by atomic mass is 10.1. The average molecular weight is 306 g/mol. The van der Waals surface area contributed by atoms with E-state index in [-0.39, 0.29) is 5.92 Å². The fraction of sp³-hybridized carbons (Fsp3) is 0.375. The summed E-state index contributed by atoms with van der Waals surface area (Å²) >= 11 is 6.02. The molecular formula is C16H20ClN3O. The Hall–Kier alpha value is -1.81. The SMILES string of the molecule is COc1ccc(CCNc2cc(Cl)nc(C(C)C)n2)cc1. The van der Waals surface area contributed by atoms with Gasteiger partial charge in [-0.15, -0.1) is 0 Å². The standard InChI is InChI=1S/C16H20ClN3O/c1-11(2)16-19-14(17)10-15(20-16)18-9-8-12-4-6-13(21-3)7-5-12/h4-7,10-11H,8-9H2,1-3H3,(H,18,19,20). The van der Waals surface area contributed by atoms with Crippen molar-refractivity contribution in [2.45, 2.75) is 26.2 Å². The molecule has 0 saturated carbocycles. The molecule has 1 aromatic heterocycles. The van der Waals surface area contributed by atoms with Crippen LogP contribution in [0.15, 0.2) is 30.3 Å². The summed E-state index contributed by atoms with van der Waals surface area (Å²) in [6.07, 6.45) is 0.905. The van der Waals surface area contributed by atoms with Crippen LogP contribution in [0.5, 0.6) is 5.75 Å². The summed E-state index contributed by atoms with van der Waals surface area (Å²) in [4.78, 5) is 8.68. The molecule has 1 N–H and O–H groups in total. The molecule has 0 fully saturated rings. The zero-order valence-corrected chi connectivity index (χ0v) is 13.3. The van der Waals surface area contributed by atoms with E-state index >= 15 is 0 Å². The number of aromatic nitrogens is 2. The van der Waals surface area contributed by atoms with Gasteiger partial charge in [-0.25, -0.2) is 9.97 Å². The highest BCUT2D eigenvalue weighted by Gasteiger charge is 2.06. The molecule has 4 nitrogen and oxygen atoms in total. The second kappa shape index (κ2) is 7.27. The van der Waals surface area contributed by atoms with Gasteiger partial charge in [-0.3, -0.25) is 0 Å². The molecule has 5 heteroatoms. The minimum absolute atomic E-state index is 0.255. The van der Waals surface area contributed by atoms with Crippen LogP contribution in [0.25, 0.3) is 0 Å². The van der Waals surface area contributed by atoms with Crippen LogP contribution < -0.4 is 10.1 Å². The van der Waals surface area contributed by atoms with Gasteiger partial charge in [-0.2, -0.15) is 0 Å². The van der Waals surface area contributed by atoms with Crippen molar-refractivity contribution < 1.29 is 4.74 Å². The molecular weight excluding hydrogens is 286 g/mol. The molecule has 0 atom stereocenters. The third-order valence-electron chi connectivity index (χ3n) is 3.11. The van der Waals surface area contributed by atoms with Crippen molar-refractivity contribution in [3.8, 4) is 5.75 Å². The number of anilines is 1. The van der Waals surface area contributed by atoms with E-state index < -0.39 is 0 Å². The number of nitrogens with one attached hydrogen (secondary N) is 1. The molecule has 2 aromatic rings. The number of methoxy groups -OCH3 is 1. The summed E-state index contributed by atoms with van der Waals surface area (Å²) < 4.78 is 5.14. The smallest absolute Gasteiger partial charge is 0.135 e. The van der Waals surface area contributed by atoms with E-state index in [2.05, 4.69) is 27.4 Å². The second-order valence-corrected chi connectivity index (χ2v) is 5.50. The predicted molar refractivity (Wildman–Crippen MR) is 86.3 cm³/mol. The Morgan fingerprint density at radius 1 is 1.19 bits per heavy atom. The van der Waals surface area contributed by atoms with Gasteiger partial charge >= 0.3 is 0 Å². The van der Waals surface area contributed by atoms with Gasteiger partial charge in [0.15, 0.2) is 0 Å². The third-order valence-corrected chi connectivity index (χ3v) is 3.30. The van der Waals surface area contributed by atoms with Crippen LogP contribution in [0.3, 0.4) is 0 Å². The molecule has 0 bridgehead atoms.